The van der Waals surface area contributed by atoms with Gasteiger partial charge >= 0.3 is 5.97 Å². The number of esters is 1. The first kappa shape index (κ1) is 11.9. The number of allylic oxidation sites excluding steroid dienone is 1. The SMILES string of the molecule is CC1=CC(=O)[C@H]2C(C)(C)CC[C@@H]3OC(=O)C1[C@@]32C. The maximum Gasteiger partial charge on any atom is 0.314 e. The Morgan fingerprint density at radius 3 is 2.61 bits per heavy atom. The van der Waals surface area contributed by atoms with Gasteiger partial charge in [-0.3, -0.25) is 9.59 Å². The second kappa shape index (κ2) is 3.25. The number of ketones is 1. The van der Waals surface area contributed by atoms with E-state index in [1.807, 2.05) is 6.92 Å². The third-order valence-corrected chi connectivity index (χ3v) is 5.37. The van der Waals surface area contributed by atoms with Crippen molar-refractivity contribution in [1.29, 1.82) is 0 Å². The van der Waals surface area contributed by atoms with Gasteiger partial charge in [0.2, 0.25) is 0 Å². The van der Waals surface area contributed by atoms with Crippen LogP contribution in [-0.4, -0.2) is 17.9 Å². The first-order chi connectivity index (χ1) is 8.28. The van der Waals surface area contributed by atoms with Crippen LogP contribution in [0.4, 0.5) is 0 Å². The lowest BCUT2D eigenvalue weighted by Gasteiger charge is -2.53. The number of ether oxygens (including phenoxy) is 1. The molecule has 3 rings (SSSR count). The Morgan fingerprint density at radius 2 is 1.94 bits per heavy atom. The largest absolute Gasteiger partial charge is 0.461 e. The minimum atomic E-state index is -0.339. The Morgan fingerprint density at radius 1 is 1.28 bits per heavy atom. The summed E-state index contributed by atoms with van der Waals surface area (Å²) in [6.07, 6.45) is 3.41. The maximum absolute atomic E-state index is 12.4. The van der Waals surface area contributed by atoms with Gasteiger partial charge in [0.25, 0.3) is 0 Å². The molecule has 0 bridgehead atoms. The summed E-state index contributed by atoms with van der Waals surface area (Å²) >= 11 is 0. The maximum atomic E-state index is 12.4. The van der Waals surface area contributed by atoms with Crippen molar-refractivity contribution in [1.82, 2.24) is 0 Å². The molecule has 4 atom stereocenters. The summed E-state index contributed by atoms with van der Waals surface area (Å²) < 4.78 is 5.56. The first-order valence-corrected chi connectivity index (χ1v) is 6.71. The molecule has 2 aliphatic carbocycles. The number of carbonyl (C=O) groups is 2. The molecule has 0 aromatic carbocycles. The molecular weight excluding hydrogens is 228 g/mol. The van der Waals surface area contributed by atoms with Gasteiger partial charge in [-0.1, -0.05) is 26.3 Å². The van der Waals surface area contributed by atoms with E-state index in [0.717, 1.165) is 18.4 Å². The van der Waals surface area contributed by atoms with Crippen molar-refractivity contribution >= 4 is 11.8 Å². The van der Waals surface area contributed by atoms with Gasteiger partial charge in [-0.05, 0) is 31.3 Å². The smallest absolute Gasteiger partial charge is 0.314 e. The van der Waals surface area contributed by atoms with Gasteiger partial charge in [-0.15, -0.1) is 0 Å². The van der Waals surface area contributed by atoms with Crippen LogP contribution >= 0.6 is 0 Å². The van der Waals surface area contributed by atoms with E-state index >= 15 is 0 Å². The predicted octanol–water partition coefficient (Wildman–Crippen LogP) is 2.50. The quantitative estimate of drug-likeness (QED) is 0.619. The van der Waals surface area contributed by atoms with E-state index in [1.54, 1.807) is 6.08 Å². The van der Waals surface area contributed by atoms with E-state index in [9.17, 15) is 9.59 Å². The van der Waals surface area contributed by atoms with Gasteiger partial charge in [-0.2, -0.15) is 0 Å². The summed E-state index contributed by atoms with van der Waals surface area (Å²) in [6.45, 7) is 8.25. The molecule has 0 radical (unpaired) electrons. The fourth-order valence-electron chi connectivity index (χ4n) is 4.75. The van der Waals surface area contributed by atoms with Gasteiger partial charge < -0.3 is 4.74 Å². The Balaban J connectivity index is 2.21. The average Bonchev–Trinajstić information content (AvgIpc) is 2.46. The van der Waals surface area contributed by atoms with Gasteiger partial charge in [-0.25, -0.2) is 0 Å². The molecule has 1 unspecified atom stereocenters. The lowest BCUT2D eigenvalue weighted by atomic mass is 9.48. The van der Waals surface area contributed by atoms with Crippen LogP contribution in [0.2, 0.25) is 0 Å². The molecule has 3 aliphatic rings. The van der Waals surface area contributed by atoms with E-state index < -0.39 is 0 Å². The summed E-state index contributed by atoms with van der Waals surface area (Å²) in [5.41, 5.74) is 0.490. The zero-order valence-corrected chi connectivity index (χ0v) is 11.4. The molecule has 0 aromatic heterocycles. The number of rotatable bonds is 0. The monoisotopic (exact) mass is 248 g/mol. The lowest BCUT2D eigenvalue weighted by Crippen LogP contribution is -2.56. The zero-order chi connectivity index (χ0) is 13.3. The van der Waals surface area contributed by atoms with Crippen LogP contribution in [-0.2, 0) is 14.3 Å². The third-order valence-electron chi connectivity index (χ3n) is 5.37. The van der Waals surface area contributed by atoms with Crippen molar-refractivity contribution in [2.45, 2.75) is 46.6 Å². The van der Waals surface area contributed by atoms with Gasteiger partial charge in [0.05, 0.1) is 5.92 Å². The number of hydrogen-bond donors (Lipinski definition) is 0. The van der Waals surface area contributed by atoms with E-state index in [2.05, 4.69) is 20.8 Å². The van der Waals surface area contributed by atoms with Gasteiger partial charge in [0.1, 0.15) is 6.10 Å². The second-order valence-corrected chi connectivity index (χ2v) is 6.98. The van der Waals surface area contributed by atoms with Crippen molar-refractivity contribution in [3.63, 3.8) is 0 Å². The van der Waals surface area contributed by atoms with Crippen molar-refractivity contribution in [3.05, 3.63) is 11.6 Å². The Labute approximate surface area is 108 Å². The highest BCUT2D eigenvalue weighted by Crippen LogP contribution is 2.62. The van der Waals surface area contributed by atoms with Crippen molar-refractivity contribution in [2.24, 2.45) is 22.7 Å². The zero-order valence-electron chi connectivity index (χ0n) is 11.4. The van der Waals surface area contributed by atoms with Crippen LogP contribution in [0.5, 0.6) is 0 Å². The summed E-state index contributed by atoms with van der Waals surface area (Å²) in [6, 6.07) is 0. The highest BCUT2D eigenvalue weighted by Gasteiger charge is 2.66. The summed E-state index contributed by atoms with van der Waals surface area (Å²) in [5.74, 6) is -0.264. The molecule has 0 spiro atoms. The van der Waals surface area contributed by atoms with Gasteiger partial charge in [0, 0.05) is 11.3 Å². The van der Waals surface area contributed by atoms with Crippen LogP contribution in [0.25, 0.3) is 0 Å². The predicted molar refractivity (Wildman–Crippen MR) is 66.7 cm³/mol. The van der Waals surface area contributed by atoms with Crippen LogP contribution < -0.4 is 0 Å². The number of hydrogen-bond acceptors (Lipinski definition) is 3. The average molecular weight is 248 g/mol. The Bertz CT molecular complexity index is 474. The molecule has 1 heterocycles. The van der Waals surface area contributed by atoms with E-state index in [4.69, 9.17) is 4.74 Å². The molecule has 3 nitrogen and oxygen atoms in total. The number of carbonyl (C=O) groups excluding carboxylic acids is 2. The molecule has 98 valence electrons. The minimum Gasteiger partial charge on any atom is -0.461 e. The third kappa shape index (κ3) is 1.20. The molecule has 0 amide bonds. The molecule has 1 saturated carbocycles. The van der Waals surface area contributed by atoms with Crippen molar-refractivity contribution in [3.8, 4) is 0 Å². The van der Waals surface area contributed by atoms with Crippen molar-refractivity contribution in [2.75, 3.05) is 0 Å². The molecule has 0 aromatic rings. The molecular formula is C15H20O3. The van der Waals surface area contributed by atoms with Crippen LogP contribution in [0.1, 0.15) is 40.5 Å². The lowest BCUT2D eigenvalue weighted by molar-refractivity contribution is -0.147. The van der Waals surface area contributed by atoms with Crippen LogP contribution in [0.15, 0.2) is 11.6 Å². The van der Waals surface area contributed by atoms with Crippen LogP contribution in [0.3, 0.4) is 0 Å². The first-order valence-electron chi connectivity index (χ1n) is 6.71. The molecule has 18 heavy (non-hydrogen) atoms. The highest BCUT2D eigenvalue weighted by atomic mass is 16.6. The molecule has 1 saturated heterocycles. The summed E-state index contributed by atoms with van der Waals surface area (Å²) in [4.78, 5) is 24.6. The standard InChI is InChI=1S/C15H20O3/c1-8-7-9(16)12-14(2,3)6-5-10-15(12,4)11(8)13(17)18-10/h7,10-12H,5-6H2,1-4H3/t10-,11?,12-,15+/m0/s1. The molecule has 3 heteroatoms. The Kier molecular flexibility index (Phi) is 2.16. The highest BCUT2D eigenvalue weighted by molar-refractivity contribution is 5.98. The van der Waals surface area contributed by atoms with E-state index in [0.29, 0.717) is 0 Å². The normalized spacial score (nSPS) is 45.3. The minimum absolute atomic E-state index is 0.0498. The van der Waals surface area contributed by atoms with Crippen LogP contribution in [0, 0.1) is 22.7 Å². The topological polar surface area (TPSA) is 43.4 Å². The fraction of sp³-hybridized carbons (Fsp3) is 0.733. The van der Waals surface area contributed by atoms with E-state index in [1.165, 1.54) is 0 Å². The Hall–Kier alpha value is -1.12. The molecule has 2 fully saturated rings. The fourth-order valence-corrected chi connectivity index (χ4v) is 4.75. The van der Waals surface area contributed by atoms with Gasteiger partial charge in [0.15, 0.2) is 5.78 Å². The molecule has 1 aliphatic heterocycles. The van der Waals surface area contributed by atoms with E-state index in [-0.39, 0.29) is 40.5 Å². The summed E-state index contributed by atoms with van der Waals surface area (Å²) in [5, 5.41) is 0. The second-order valence-electron chi connectivity index (χ2n) is 6.98. The van der Waals surface area contributed by atoms with Crippen molar-refractivity contribution < 1.29 is 14.3 Å². The summed E-state index contributed by atoms with van der Waals surface area (Å²) in [7, 11) is 0. The molecule has 0 N–H and O–H groups in total.